The van der Waals surface area contributed by atoms with Gasteiger partial charge in [0.2, 0.25) is 0 Å². The van der Waals surface area contributed by atoms with Crippen molar-refractivity contribution in [1.29, 1.82) is 0 Å². The van der Waals surface area contributed by atoms with Gasteiger partial charge in [-0.25, -0.2) is 4.39 Å². The lowest BCUT2D eigenvalue weighted by Crippen LogP contribution is -2.32. The Hall–Kier alpha value is -0.780. The van der Waals surface area contributed by atoms with E-state index in [1.165, 1.54) is 6.07 Å². The Balaban J connectivity index is 3.05. The number of hydrogen-bond donors (Lipinski definition) is 0. The highest BCUT2D eigenvalue weighted by molar-refractivity contribution is 9.09. The monoisotopic (exact) mass is 341 g/mol. The lowest BCUT2D eigenvalue weighted by atomic mass is 10.1. The van der Waals surface area contributed by atoms with Crippen molar-refractivity contribution >= 4 is 21.6 Å². The molecule has 0 saturated heterocycles. The van der Waals surface area contributed by atoms with E-state index in [0.717, 1.165) is 17.8 Å². The van der Waals surface area contributed by atoms with Crippen LogP contribution in [0.4, 0.5) is 23.2 Å². The fourth-order valence-corrected chi connectivity index (χ4v) is 2.05. The average Bonchev–Trinajstić information content (AvgIpc) is 2.29. The van der Waals surface area contributed by atoms with E-state index >= 15 is 0 Å². The van der Waals surface area contributed by atoms with E-state index in [1.54, 1.807) is 4.90 Å². The molecule has 0 amide bonds. The first kappa shape index (κ1) is 16.3. The van der Waals surface area contributed by atoms with Gasteiger partial charge >= 0.3 is 6.18 Å². The smallest absolute Gasteiger partial charge is 0.367 e. The third kappa shape index (κ3) is 4.37. The van der Waals surface area contributed by atoms with Crippen LogP contribution in [0.2, 0.25) is 0 Å². The maximum atomic E-state index is 13.9. The Morgan fingerprint density at radius 3 is 2.32 bits per heavy atom. The summed E-state index contributed by atoms with van der Waals surface area (Å²) < 4.78 is 51.3. The Morgan fingerprint density at radius 2 is 1.89 bits per heavy atom. The molecule has 0 heterocycles. The molecular formula is C13H16BrF4N. The molecule has 0 spiro atoms. The molecule has 0 N–H and O–H groups in total. The van der Waals surface area contributed by atoms with Crippen molar-refractivity contribution in [3.63, 3.8) is 0 Å². The lowest BCUT2D eigenvalue weighted by molar-refractivity contribution is -0.137. The first-order valence-electron chi connectivity index (χ1n) is 5.96. The second-order valence-electron chi connectivity index (χ2n) is 4.49. The minimum atomic E-state index is -4.52. The number of rotatable bonds is 5. The van der Waals surface area contributed by atoms with Gasteiger partial charge in [0.25, 0.3) is 0 Å². The average molecular weight is 342 g/mol. The number of benzene rings is 1. The van der Waals surface area contributed by atoms with Crippen LogP contribution in [0.25, 0.3) is 0 Å². The number of nitrogens with zero attached hydrogens (tertiary/aromatic N) is 1. The third-order valence-electron chi connectivity index (χ3n) is 2.74. The van der Waals surface area contributed by atoms with Crippen LogP contribution in [0.5, 0.6) is 0 Å². The van der Waals surface area contributed by atoms with E-state index in [2.05, 4.69) is 15.9 Å². The van der Waals surface area contributed by atoms with Crippen molar-refractivity contribution in [2.75, 3.05) is 16.8 Å². The van der Waals surface area contributed by atoms with Crippen molar-refractivity contribution in [3.05, 3.63) is 29.6 Å². The number of anilines is 1. The van der Waals surface area contributed by atoms with E-state index < -0.39 is 17.6 Å². The largest absolute Gasteiger partial charge is 0.416 e. The van der Waals surface area contributed by atoms with Gasteiger partial charge in [0, 0.05) is 17.9 Å². The summed E-state index contributed by atoms with van der Waals surface area (Å²) in [5.41, 5.74) is -0.748. The lowest BCUT2D eigenvalue weighted by Gasteiger charge is -2.29. The Morgan fingerprint density at radius 1 is 1.26 bits per heavy atom. The zero-order valence-corrected chi connectivity index (χ0v) is 12.4. The molecule has 0 unspecified atom stereocenters. The van der Waals surface area contributed by atoms with Crippen molar-refractivity contribution in [2.45, 2.75) is 32.5 Å². The van der Waals surface area contributed by atoms with Crippen LogP contribution in [0, 0.1) is 5.82 Å². The predicted octanol–water partition coefficient (Wildman–Crippen LogP) is 4.84. The molecule has 0 saturated carbocycles. The number of hydrogen-bond acceptors (Lipinski definition) is 1. The van der Waals surface area contributed by atoms with Gasteiger partial charge in [-0.2, -0.15) is 13.2 Å². The van der Waals surface area contributed by atoms with Gasteiger partial charge in [-0.1, -0.05) is 15.9 Å². The van der Waals surface area contributed by atoms with E-state index in [0.29, 0.717) is 12.6 Å². The molecule has 0 fully saturated rings. The molecule has 1 aromatic rings. The maximum Gasteiger partial charge on any atom is 0.416 e. The van der Waals surface area contributed by atoms with Crippen LogP contribution in [0.3, 0.4) is 0 Å². The predicted molar refractivity (Wildman–Crippen MR) is 72.3 cm³/mol. The fourth-order valence-electron chi connectivity index (χ4n) is 1.80. The van der Waals surface area contributed by atoms with E-state index in [9.17, 15) is 17.6 Å². The highest BCUT2D eigenvalue weighted by Crippen LogP contribution is 2.32. The topological polar surface area (TPSA) is 3.24 Å². The normalized spacial score (nSPS) is 12.0. The maximum absolute atomic E-state index is 13.9. The molecule has 0 radical (unpaired) electrons. The summed E-state index contributed by atoms with van der Waals surface area (Å²) in [6, 6.07) is 2.69. The van der Waals surface area contributed by atoms with Crippen molar-refractivity contribution in [3.8, 4) is 0 Å². The molecule has 0 aliphatic rings. The van der Waals surface area contributed by atoms with Gasteiger partial charge in [-0.15, -0.1) is 0 Å². The van der Waals surface area contributed by atoms with Crippen molar-refractivity contribution < 1.29 is 17.6 Å². The van der Waals surface area contributed by atoms with E-state index in [4.69, 9.17) is 0 Å². The first-order chi connectivity index (χ1) is 8.77. The highest BCUT2D eigenvalue weighted by Gasteiger charge is 2.31. The first-order valence-corrected chi connectivity index (χ1v) is 7.09. The summed E-state index contributed by atoms with van der Waals surface area (Å²) in [6.07, 6.45) is -3.73. The van der Waals surface area contributed by atoms with Crippen LogP contribution in [-0.2, 0) is 6.18 Å². The van der Waals surface area contributed by atoms with Gasteiger partial charge in [0.05, 0.1) is 11.3 Å². The fraction of sp³-hybridized carbons (Fsp3) is 0.538. The van der Waals surface area contributed by atoms with Crippen LogP contribution in [0.1, 0.15) is 25.8 Å². The molecule has 0 aliphatic heterocycles. The summed E-state index contributed by atoms with van der Waals surface area (Å²) in [6.45, 7) is 4.35. The van der Waals surface area contributed by atoms with Crippen molar-refractivity contribution in [2.24, 2.45) is 0 Å². The molecule has 0 aliphatic carbocycles. The SMILES string of the molecule is CC(C)N(CCCBr)c1ccc(C(F)(F)F)cc1F. The minimum Gasteiger partial charge on any atom is -0.367 e. The second kappa shape index (κ2) is 6.59. The van der Waals surface area contributed by atoms with Gasteiger partial charge in [0.15, 0.2) is 0 Å². The van der Waals surface area contributed by atoms with Crippen LogP contribution >= 0.6 is 15.9 Å². The van der Waals surface area contributed by atoms with E-state index in [-0.39, 0.29) is 11.7 Å². The quantitative estimate of drug-likeness (QED) is 0.546. The van der Waals surface area contributed by atoms with Crippen LogP contribution in [0.15, 0.2) is 18.2 Å². The Bertz CT molecular complexity index is 418. The molecule has 0 atom stereocenters. The van der Waals surface area contributed by atoms with Gasteiger partial charge in [-0.05, 0) is 38.5 Å². The minimum absolute atomic E-state index is 0.0188. The zero-order valence-electron chi connectivity index (χ0n) is 10.8. The molecule has 0 aromatic heterocycles. The summed E-state index contributed by atoms with van der Waals surface area (Å²) in [4.78, 5) is 1.76. The van der Waals surface area contributed by atoms with Gasteiger partial charge in [-0.3, -0.25) is 0 Å². The van der Waals surface area contributed by atoms with Crippen LogP contribution < -0.4 is 4.90 Å². The summed E-state index contributed by atoms with van der Waals surface area (Å²) in [5, 5.41) is 0.762. The summed E-state index contributed by atoms with van der Waals surface area (Å²) in [5.74, 6) is -0.835. The number of halogens is 5. The molecule has 1 nitrogen and oxygen atoms in total. The highest BCUT2D eigenvalue weighted by atomic mass is 79.9. The zero-order chi connectivity index (χ0) is 14.6. The molecule has 6 heteroatoms. The number of alkyl halides is 4. The molecule has 1 rings (SSSR count). The molecule has 1 aromatic carbocycles. The Labute approximate surface area is 118 Å². The molecule has 0 bridgehead atoms. The molecule has 108 valence electrons. The van der Waals surface area contributed by atoms with Crippen molar-refractivity contribution in [1.82, 2.24) is 0 Å². The van der Waals surface area contributed by atoms with Gasteiger partial charge in [0.1, 0.15) is 5.82 Å². The standard InChI is InChI=1S/C13H16BrF4N/c1-9(2)19(7-3-6-14)12-5-4-10(8-11(12)15)13(16,17)18/h4-5,8-9H,3,6-7H2,1-2H3. The van der Waals surface area contributed by atoms with Crippen LogP contribution in [-0.4, -0.2) is 17.9 Å². The summed E-state index contributed by atoms with van der Waals surface area (Å²) in [7, 11) is 0. The molecule has 19 heavy (non-hydrogen) atoms. The molecular weight excluding hydrogens is 326 g/mol. The second-order valence-corrected chi connectivity index (χ2v) is 5.29. The van der Waals surface area contributed by atoms with E-state index in [1.807, 2.05) is 13.8 Å². The Kier molecular flexibility index (Phi) is 5.64. The summed E-state index contributed by atoms with van der Waals surface area (Å²) >= 11 is 3.29. The van der Waals surface area contributed by atoms with Gasteiger partial charge < -0.3 is 4.90 Å². The third-order valence-corrected chi connectivity index (χ3v) is 3.30.